The summed E-state index contributed by atoms with van der Waals surface area (Å²) in [5, 5.41) is 2.71. The van der Waals surface area contributed by atoms with Crippen LogP contribution in [0.4, 0.5) is 0 Å². The van der Waals surface area contributed by atoms with Crippen LogP contribution in [0.2, 0.25) is 26.2 Å². The standard InChI is InChI=1S/C12H18O2Si2/c1-9(13)10-6-7-11-12(8-10)16(4,5)14-15(11,2)3/h6-8H,1-5H3. The van der Waals surface area contributed by atoms with Gasteiger partial charge in [0.15, 0.2) is 5.78 Å². The van der Waals surface area contributed by atoms with Crippen LogP contribution >= 0.6 is 0 Å². The van der Waals surface area contributed by atoms with Crippen LogP contribution in [0.1, 0.15) is 17.3 Å². The molecular formula is C12H18O2Si2. The van der Waals surface area contributed by atoms with Crippen LogP contribution in [-0.4, -0.2) is 22.4 Å². The van der Waals surface area contributed by atoms with Crippen molar-refractivity contribution in [1.29, 1.82) is 0 Å². The highest BCUT2D eigenvalue weighted by Crippen LogP contribution is 2.21. The Kier molecular flexibility index (Phi) is 2.49. The van der Waals surface area contributed by atoms with Crippen molar-refractivity contribution in [1.82, 2.24) is 0 Å². The van der Waals surface area contributed by atoms with Crippen molar-refractivity contribution >= 4 is 32.8 Å². The average Bonchev–Trinajstić information content (AvgIpc) is 2.32. The second kappa shape index (κ2) is 3.39. The molecule has 1 aliphatic heterocycles. The van der Waals surface area contributed by atoms with E-state index >= 15 is 0 Å². The monoisotopic (exact) mass is 250 g/mol. The maximum atomic E-state index is 11.4. The van der Waals surface area contributed by atoms with Crippen molar-refractivity contribution in [3.8, 4) is 0 Å². The topological polar surface area (TPSA) is 26.3 Å². The fourth-order valence-electron chi connectivity index (χ4n) is 2.53. The predicted octanol–water partition coefficient (Wildman–Crippen LogP) is 1.74. The van der Waals surface area contributed by atoms with Crippen LogP contribution in [0.25, 0.3) is 0 Å². The fourth-order valence-corrected chi connectivity index (χ4v) is 12.8. The van der Waals surface area contributed by atoms with Gasteiger partial charge in [-0.25, -0.2) is 0 Å². The molecule has 0 atom stereocenters. The SMILES string of the molecule is CC(=O)c1ccc2c(c1)[Si](C)(C)O[Si]2(C)C. The molecule has 0 fully saturated rings. The van der Waals surface area contributed by atoms with E-state index in [4.69, 9.17) is 4.12 Å². The second-order valence-corrected chi connectivity index (χ2v) is 13.4. The first kappa shape index (κ1) is 11.8. The number of hydrogen-bond acceptors (Lipinski definition) is 2. The molecule has 4 heteroatoms. The maximum Gasteiger partial charge on any atom is 0.206 e. The summed E-state index contributed by atoms with van der Waals surface area (Å²) in [5.41, 5.74) is 0.814. The maximum absolute atomic E-state index is 11.4. The third-order valence-corrected chi connectivity index (χ3v) is 11.0. The van der Waals surface area contributed by atoms with E-state index < -0.39 is 16.6 Å². The van der Waals surface area contributed by atoms with Gasteiger partial charge in [-0.2, -0.15) is 0 Å². The first-order valence-corrected chi connectivity index (χ1v) is 11.4. The summed E-state index contributed by atoms with van der Waals surface area (Å²) < 4.78 is 6.31. The van der Waals surface area contributed by atoms with Gasteiger partial charge < -0.3 is 4.12 Å². The molecule has 0 spiro atoms. The van der Waals surface area contributed by atoms with Crippen LogP contribution < -0.4 is 10.4 Å². The highest BCUT2D eigenvalue weighted by molar-refractivity contribution is 7.05. The molecule has 86 valence electrons. The van der Waals surface area contributed by atoms with Crippen LogP contribution in [0, 0.1) is 0 Å². The van der Waals surface area contributed by atoms with Gasteiger partial charge >= 0.3 is 0 Å². The molecule has 2 rings (SSSR count). The number of rotatable bonds is 1. The number of carbonyl (C=O) groups is 1. The number of carbonyl (C=O) groups excluding carboxylic acids is 1. The average molecular weight is 250 g/mol. The highest BCUT2D eigenvalue weighted by Gasteiger charge is 2.46. The Labute approximate surface area is 98.9 Å². The molecule has 0 bridgehead atoms. The van der Waals surface area contributed by atoms with E-state index in [1.54, 1.807) is 6.92 Å². The molecule has 0 saturated carbocycles. The zero-order chi connectivity index (χ0) is 12.1. The van der Waals surface area contributed by atoms with Gasteiger partial charge in [-0.05, 0) is 49.6 Å². The molecule has 0 radical (unpaired) electrons. The van der Waals surface area contributed by atoms with Gasteiger partial charge in [0, 0.05) is 5.56 Å². The molecule has 1 aromatic carbocycles. The summed E-state index contributed by atoms with van der Waals surface area (Å²) >= 11 is 0. The smallest absolute Gasteiger partial charge is 0.206 e. The summed E-state index contributed by atoms with van der Waals surface area (Å²) in [6, 6.07) is 6.11. The highest BCUT2D eigenvalue weighted by atomic mass is 28.4. The lowest BCUT2D eigenvalue weighted by Gasteiger charge is -2.22. The van der Waals surface area contributed by atoms with Crippen molar-refractivity contribution in [3.63, 3.8) is 0 Å². The van der Waals surface area contributed by atoms with Crippen molar-refractivity contribution in [3.05, 3.63) is 23.8 Å². The molecular weight excluding hydrogens is 232 g/mol. The quantitative estimate of drug-likeness (QED) is 0.561. The summed E-state index contributed by atoms with van der Waals surface area (Å²) in [5.74, 6) is 0.138. The summed E-state index contributed by atoms with van der Waals surface area (Å²) in [7, 11) is -3.47. The number of ketones is 1. The Morgan fingerprint density at radius 2 is 1.62 bits per heavy atom. The number of Topliss-reactive ketones (excluding diaryl/α,β-unsaturated/α-hetero) is 1. The van der Waals surface area contributed by atoms with E-state index in [0.717, 1.165) is 5.56 Å². The van der Waals surface area contributed by atoms with Gasteiger partial charge in [0.2, 0.25) is 16.6 Å². The fraction of sp³-hybridized carbons (Fsp3) is 0.417. The summed E-state index contributed by atoms with van der Waals surface area (Å²) in [6.07, 6.45) is 0. The Balaban J connectivity index is 2.63. The van der Waals surface area contributed by atoms with Crippen molar-refractivity contribution in [2.24, 2.45) is 0 Å². The van der Waals surface area contributed by atoms with Gasteiger partial charge in [-0.3, -0.25) is 4.79 Å². The largest absolute Gasteiger partial charge is 0.449 e. The number of fused-ring (bicyclic) bond motifs is 1. The number of benzene rings is 1. The molecule has 0 N–H and O–H groups in total. The van der Waals surface area contributed by atoms with E-state index in [1.807, 2.05) is 6.07 Å². The van der Waals surface area contributed by atoms with Crippen LogP contribution in [0.15, 0.2) is 18.2 Å². The van der Waals surface area contributed by atoms with E-state index in [9.17, 15) is 4.79 Å². The van der Waals surface area contributed by atoms with Gasteiger partial charge in [-0.1, -0.05) is 12.1 Å². The lowest BCUT2D eigenvalue weighted by Crippen LogP contribution is -2.44. The van der Waals surface area contributed by atoms with Crippen molar-refractivity contribution in [2.45, 2.75) is 33.1 Å². The molecule has 1 heterocycles. The zero-order valence-electron chi connectivity index (χ0n) is 10.5. The molecule has 0 unspecified atom stereocenters. The van der Waals surface area contributed by atoms with E-state index in [1.165, 1.54) is 10.4 Å². The Hall–Kier alpha value is -0.716. The lowest BCUT2D eigenvalue weighted by molar-refractivity contribution is 0.101. The molecule has 0 saturated heterocycles. The molecule has 0 aromatic heterocycles. The zero-order valence-corrected chi connectivity index (χ0v) is 12.5. The van der Waals surface area contributed by atoms with Crippen LogP contribution in [0.5, 0.6) is 0 Å². The molecule has 0 aliphatic carbocycles. The second-order valence-electron chi connectivity index (χ2n) is 5.44. The predicted molar refractivity (Wildman–Crippen MR) is 71.8 cm³/mol. The minimum Gasteiger partial charge on any atom is -0.449 e. The molecule has 16 heavy (non-hydrogen) atoms. The van der Waals surface area contributed by atoms with Gasteiger partial charge in [0.25, 0.3) is 0 Å². The molecule has 1 aromatic rings. The first-order valence-electron chi connectivity index (χ1n) is 5.60. The summed E-state index contributed by atoms with van der Waals surface area (Å²) in [4.78, 5) is 11.4. The Morgan fingerprint density at radius 3 is 2.19 bits per heavy atom. The molecule has 1 aliphatic rings. The number of hydrogen-bond donors (Lipinski definition) is 0. The minimum absolute atomic E-state index is 0.138. The lowest BCUT2D eigenvalue weighted by atomic mass is 10.1. The normalized spacial score (nSPS) is 20.6. The van der Waals surface area contributed by atoms with Crippen LogP contribution in [0.3, 0.4) is 0 Å². The van der Waals surface area contributed by atoms with Gasteiger partial charge in [-0.15, -0.1) is 0 Å². The van der Waals surface area contributed by atoms with E-state index in [-0.39, 0.29) is 5.78 Å². The molecule has 0 amide bonds. The van der Waals surface area contributed by atoms with E-state index in [2.05, 4.69) is 38.3 Å². The first-order chi connectivity index (χ1) is 7.24. The Morgan fingerprint density at radius 1 is 1.06 bits per heavy atom. The Bertz CT molecular complexity index is 464. The minimum atomic E-state index is -1.76. The molecule has 2 nitrogen and oxygen atoms in total. The van der Waals surface area contributed by atoms with Crippen molar-refractivity contribution < 1.29 is 8.91 Å². The van der Waals surface area contributed by atoms with Crippen LogP contribution in [-0.2, 0) is 4.12 Å². The third-order valence-electron chi connectivity index (χ3n) is 3.23. The van der Waals surface area contributed by atoms with Crippen molar-refractivity contribution in [2.75, 3.05) is 0 Å². The van der Waals surface area contributed by atoms with Gasteiger partial charge in [0.1, 0.15) is 0 Å². The van der Waals surface area contributed by atoms with Gasteiger partial charge in [0.05, 0.1) is 0 Å². The third kappa shape index (κ3) is 1.71. The summed E-state index contributed by atoms with van der Waals surface area (Å²) in [6.45, 7) is 10.5. The van der Waals surface area contributed by atoms with E-state index in [0.29, 0.717) is 0 Å².